The Morgan fingerprint density at radius 2 is 1.57 bits per heavy atom. The average Bonchev–Trinajstić information content (AvgIpc) is 2.54. The van der Waals surface area contributed by atoms with Crippen molar-refractivity contribution in [2.45, 2.75) is 66.0 Å². The first kappa shape index (κ1) is 20.1. The molecular weight excluding hydrogens is 258 g/mol. The molecule has 1 N–H and O–H groups in total. The lowest BCUT2D eigenvalue weighted by Crippen LogP contribution is -2.34. The first-order valence-electron chi connectivity index (χ1n) is 8.66. The number of hydrogen-bond donors (Lipinski definition) is 1. The summed E-state index contributed by atoms with van der Waals surface area (Å²) in [6.45, 7) is 9.99. The lowest BCUT2D eigenvalue weighted by molar-refractivity contribution is 0.0502. The minimum absolute atomic E-state index is 0.0815. The molecule has 1 aliphatic carbocycles. The molecule has 2 rings (SSSR count). The van der Waals surface area contributed by atoms with Crippen LogP contribution in [0.25, 0.3) is 0 Å². The summed E-state index contributed by atoms with van der Waals surface area (Å²) in [5.74, 6) is 0.470. The van der Waals surface area contributed by atoms with E-state index in [1.165, 1.54) is 24.8 Å². The quantitative estimate of drug-likeness (QED) is 0.868. The van der Waals surface area contributed by atoms with Crippen molar-refractivity contribution in [2.24, 2.45) is 5.92 Å². The van der Waals surface area contributed by atoms with Crippen molar-refractivity contribution in [2.75, 3.05) is 13.6 Å². The van der Waals surface area contributed by atoms with Crippen LogP contribution in [-0.4, -0.2) is 29.7 Å². The van der Waals surface area contributed by atoms with Crippen LogP contribution in [-0.2, 0) is 6.54 Å². The van der Waals surface area contributed by atoms with Crippen LogP contribution in [0.3, 0.4) is 0 Å². The topological polar surface area (TPSA) is 23.5 Å². The summed E-state index contributed by atoms with van der Waals surface area (Å²) in [4.78, 5) is 2.33. The molecule has 21 heavy (non-hydrogen) atoms. The first-order chi connectivity index (χ1) is 10.3. The molecule has 2 unspecified atom stereocenters. The van der Waals surface area contributed by atoms with Gasteiger partial charge in [0.05, 0.1) is 6.10 Å². The number of nitrogens with zero attached hydrogens (tertiary/aromatic N) is 1. The SMILES string of the molecule is CC.CC.CN(Cc1ccccc1)CC1CCCCC1O. The van der Waals surface area contributed by atoms with Crippen LogP contribution in [0.4, 0.5) is 0 Å². The lowest BCUT2D eigenvalue weighted by Gasteiger charge is -2.31. The van der Waals surface area contributed by atoms with E-state index >= 15 is 0 Å². The highest BCUT2D eigenvalue weighted by molar-refractivity contribution is 5.14. The second kappa shape index (κ2) is 12.8. The van der Waals surface area contributed by atoms with Gasteiger partial charge < -0.3 is 10.0 Å². The van der Waals surface area contributed by atoms with Gasteiger partial charge in [-0.3, -0.25) is 0 Å². The minimum atomic E-state index is -0.0815. The van der Waals surface area contributed by atoms with Crippen LogP contribution in [0.2, 0.25) is 0 Å². The summed E-state index contributed by atoms with van der Waals surface area (Å²) in [6.07, 6.45) is 4.56. The molecule has 0 spiro atoms. The molecule has 1 aromatic rings. The second-order valence-corrected chi connectivity index (χ2v) is 5.29. The van der Waals surface area contributed by atoms with Gasteiger partial charge in [-0.15, -0.1) is 0 Å². The van der Waals surface area contributed by atoms with Crippen molar-refractivity contribution in [3.63, 3.8) is 0 Å². The third kappa shape index (κ3) is 8.23. The van der Waals surface area contributed by atoms with Gasteiger partial charge in [-0.25, -0.2) is 0 Å². The van der Waals surface area contributed by atoms with Crippen LogP contribution in [0.15, 0.2) is 30.3 Å². The van der Waals surface area contributed by atoms with E-state index in [0.29, 0.717) is 5.92 Å². The maximum atomic E-state index is 9.96. The Hall–Kier alpha value is -0.860. The molecule has 1 aliphatic rings. The maximum absolute atomic E-state index is 9.96. The highest BCUT2D eigenvalue weighted by Gasteiger charge is 2.23. The van der Waals surface area contributed by atoms with Crippen molar-refractivity contribution in [3.05, 3.63) is 35.9 Å². The fourth-order valence-corrected chi connectivity index (χ4v) is 2.76. The molecule has 0 saturated heterocycles. The molecule has 2 heteroatoms. The molecule has 0 aliphatic heterocycles. The highest BCUT2D eigenvalue weighted by atomic mass is 16.3. The Morgan fingerprint density at radius 3 is 2.14 bits per heavy atom. The molecule has 2 atom stereocenters. The maximum Gasteiger partial charge on any atom is 0.0580 e. The van der Waals surface area contributed by atoms with E-state index < -0.39 is 0 Å². The van der Waals surface area contributed by atoms with Gasteiger partial charge >= 0.3 is 0 Å². The fraction of sp³-hybridized carbons (Fsp3) is 0.684. The summed E-state index contributed by atoms with van der Waals surface area (Å²) in [7, 11) is 2.15. The summed E-state index contributed by atoms with van der Waals surface area (Å²) in [6, 6.07) is 10.5. The predicted molar refractivity (Wildman–Crippen MR) is 93.4 cm³/mol. The fourth-order valence-electron chi connectivity index (χ4n) is 2.76. The number of rotatable bonds is 4. The molecule has 1 saturated carbocycles. The zero-order chi connectivity index (χ0) is 16.1. The van der Waals surface area contributed by atoms with E-state index in [-0.39, 0.29) is 6.10 Å². The predicted octanol–water partition coefficient (Wildman–Crippen LogP) is 4.72. The smallest absolute Gasteiger partial charge is 0.0580 e. The third-order valence-electron chi connectivity index (χ3n) is 3.71. The van der Waals surface area contributed by atoms with Crippen molar-refractivity contribution in [1.82, 2.24) is 4.90 Å². The van der Waals surface area contributed by atoms with Crippen molar-refractivity contribution in [1.29, 1.82) is 0 Å². The average molecular weight is 293 g/mol. The molecule has 0 radical (unpaired) electrons. The van der Waals surface area contributed by atoms with Crippen LogP contribution < -0.4 is 0 Å². The Morgan fingerprint density at radius 1 is 1.00 bits per heavy atom. The number of aliphatic hydroxyl groups excluding tert-OH is 1. The molecule has 0 bridgehead atoms. The molecular formula is C19H35NO. The van der Waals surface area contributed by atoms with E-state index in [1.807, 2.05) is 33.8 Å². The van der Waals surface area contributed by atoms with Crippen LogP contribution in [0.1, 0.15) is 58.9 Å². The largest absolute Gasteiger partial charge is 0.393 e. The highest BCUT2D eigenvalue weighted by Crippen LogP contribution is 2.25. The third-order valence-corrected chi connectivity index (χ3v) is 3.71. The van der Waals surface area contributed by atoms with Crippen LogP contribution >= 0.6 is 0 Å². The van der Waals surface area contributed by atoms with E-state index in [2.05, 4.69) is 36.2 Å². The molecule has 2 nitrogen and oxygen atoms in total. The van der Waals surface area contributed by atoms with E-state index in [9.17, 15) is 5.11 Å². The van der Waals surface area contributed by atoms with Gasteiger partial charge in [-0.1, -0.05) is 70.9 Å². The number of benzene rings is 1. The monoisotopic (exact) mass is 293 g/mol. The standard InChI is InChI=1S/C15H23NO.2C2H6/c1-16(11-13-7-3-2-4-8-13)12-14-9-5-6-10-15(14)17;2*1-2/h2-4,7-8,14-15,17H,5-6,9-12H2,1H3;2*1-2H3. The molecule has 1 aromatic carbocycles. The Bertz CT molecular complexity index is 326. The van der Waals surface area contributed by atoms with Crippen molar-refractivity contribution in [3.8, 4) is 0 Å². The van der Waals surface area contributed by atoms with Gasteiger partial charge in [0.25, 0.3) is 0 Å². The van der Waals surface area contributed by atoms with Gasteiger partial charge in [0.2, 0.25) is 0 Å². The van der Waals surface area contributed by atoms with Crippen LogP contribution in [0, 0.1) is 5.92 Å². The Balaban J connectivity index is 0.000000921. The zero-order valence-corrected chi connectivity index (χ0v) is 14.7. The Labute approximate surface area is 132 Å². The lowest BCUT2D eigenvalue weighted by atomic mass is 9.86. The van der Waals surface area contributed by atoms with Gasteiger partial charge in [-0.05, 0) is 31.4 Å². The van der Waals surface area contributed by atoms with Crippen molar-refractivity contribution < 1.29 is 5.11 Å². The summed E-state index contributed by atoms with van der Waals surface area (Å²) in [5.41, 5.74) is 1.35. The normalized spacial score (nSPS) is 20.9. The molecule has 122 valence electrons. The van der Waals surface area contributed by atoms with Gasteiger partial charge in [0.1, 0.15) is 0 Å². The summed E-state index contributed by atoms with van der Waals surface area (Å²) in [5, 5.41) is 9.96. The molecule has 0 heterocycles. The molecule has 1 fully saturated rings. The minimum Gasteiger partial charge on any atom is -0.393 e. The first-order valence-corrected chi connectivity index (χ1v) is 8.66. The summed E-state index contributed by atoms with van der Waals surface area (Å²) < 4.78 is 0. The number of aliphatic hydroxyl groups is 1. The summed E-state index contributed by atoms with van der Waals surface area (Å²) >= 11 is 0. The van der Waals surface area contributed by atoms with Gasteiger partial charge in [-0.2, -0.15) is 0 Å². The molecule has 0 aromatic heterocycles. The van der Waals surface area contributed by atoms with E-state index in [4.69, 9.17) is 0 Å². The number of hydrogen-bond acceptors (Lipinski definition) is 2. The molecule has 0 amide bonds. The second-order valence-electron chi connectivity index (χ2n) is 5.29. The van der Waals surface area contributed by atoms with E-state index in [0.717, 1.165) is 19.5 Å². The van der Waals surface area contributed by atoms with Gasteiger partial charge in [0.15, 0.2) is 0 Å². The van der Waals surface area contributed by atoms with E-state index in [1.54, 1.807) is 0 Å². The van der Waals surface area contributed by atoms with Crippen LogP contribution in [0.5, 0.6) is 0 Å². The van der Waals surface area contributed by atoms with Crippen molar-refractivity contribution >= 4 is 0 Å². The van der Waals surface area contributed by atoms with Gasteiger partial charge in [0, 0.05) is 13.1 Å². The Kier molecular flexibility index (Phi) is 12.3. The zero-order valence-electron chi connectivity index (χ0n) is 14.7.